The largest absolute Gasteiger partial charge is 0.458 e. The van der Waals surface area contributed by atoms with E-state index in [1.54, 1.807) is 29.2 Å². The van der Waals surface area contributed by atoms with E-state index in [2.05, 4.69) is 30.9 Å². The summed E-state index contributed by atoms with van der Waals surface area (Å²) in [4.78, 5) is 27.2. The van der Waals surface area contributed by atoms with E-state index in [9.17, 15) is 4.79 Å². The van der Waals surface area contributed by atoms with Gasteiger partial charge in [0, 0.05) is 24.5 Å². The fourth-order valence-electron chi connectivity index (χ4n) is 2.90. The van der Waals surface area contributed by atoms with Crippen molar-refractivity contribution in [2.75, 3.05) is 13.1 Å². The molecule has 6 nitrogen and oxygen atoms in total. The van der Waals surface area contributed by atoms with Crippen molar-refractivity contribution in [3.63, 3.8) is 0 Å². The van der Waals surface area contributed by atoms with Gasteiger partial charge in [-0.05, 0) is 47.0 Å². The van der Waals surface area contributed by atoms with Crippen LogP contribution in [0.4, 0.5) is 0 Å². The lowest BCUT2D eigenvalue weighted by Crippen LogP contribution is -2.44. The lowest BCUT2D eigenvalue weighted by molar-refractivity contribution is 0.0516. The van der Waals surface area contributed by atoms with Gasteiger partial charge in [-0.15, -0.1) is 11.3 Å². The number of rotatable bonds is 3. The van der Waals surface area contributed by atoms with Crippen molar-refractivity contribution in [3.8, 4) is 6.01 Å². The van der Waals surface area contributed by atoms with E-state index < -0.39 is 0 Å². The Morgan fingerprint density at radius 2 is 2.12 bits per heavy atom. The summed E-state index contributed by atoms with van der Waals surface area (Å²) in [5.41, 5.74) is 3.41. The molecule has 0 aliphatic carbocycles. The molecular formula is C17H15BrN4O2S. The summed E-state index contributed by atoms with van der Waals surface area (Å²) in [6.07, 6.45) is 5.00. The summed E-state index contributed by atoms with van der Waals surface area (Å²) in [5, 5.41) is 0. The second-order valence-corrected chi connectivity index (χ2v) is 7.65. The molecule has 1 aliphatic heterocycles. The van der Waals surface area contributed by atoms with Gasteiger partial charge < -0.3 is 9.64 Å². The molecule has 4 rings (SSSR count). The summed E-state index contributed by atoms with van der Waals surface area (Å²) in [5.74, 6) is 0.0281. The maximum absolute atomic E-state index is 12.8. The molecule has 0 bridgehead atoms. The Labute approximate surface area is 157 Å². The van der Waals surface area contributed by atoms with Crippen LogP contribution in [0.2, 0.25) is 0 Å². The third kappa shape index (κ3) is 3.64. The first-order valence-electron chi connectivity index (χ1n) is 7.96. The average molecular weight is 419 g/mol. The second kappa shape index (κ2) is 7.05. The molecule has 1 saturated heterocycles. The minimum absolute atomic E-state index is 0.0281. The standard InChI is InChI=1S/C17H15BrN4O2S/c18-12-7-19-17(20-8-12)24-13-2-1-5-22(9-13)16(23)11-3-4-14-15(6-11)25-10-21-14/h3-4,6-8,10,13H,1-2,5,9H2. The molecule has 1 fully saturated rings. The number of benzene rings is 1. The molecule has 1 atom stereocenters. The first-order valence-corrected chi connectivity index (χ1v) is 9.63. The van der Waals surface area contributed by atoms with Gasteiger partial charge in [-0.25, -0.2) is 15.0 Å². The molecule has 1 unspecified atom stereocenters. The Hall–Kier alpha value is -2.06. The lowest BCUT2D eigenvalue weighted by atomic mass is 10.1. The molecule has 3 heterocycles. The van der Waals surface area contributed by atoms with Crippen molar-refractivity contribution < 1.29 is 9.53 Å². The number of carbonyl (C=O) groups excluding carboxylic acids is 1. The van der Waals surface area contributed by atoms with Crippen molar-refractivity contribution in [1.82, 2.24) is 19.9 Å². The molecule has 25 heavy (non-hydrogen) atoms. The highest BCUT2D eigenvalue weighted by Crippen LogP contribution is 2.22. The summed E-state index contributed by atoms with van der Waals surface area (Å²) in [7, 11) is 0. The van der Waals surface area contributed by atoms with Crippen LogP contribution in [0, 0.1) is 0 Å². The van der Waals surface area contributed by atoms with Crippen LogP contribution in [0.15, 0.2) is 40.6 Å². The first kappa shape index (κ1) is 16.4. The molecule has 1 amide bonds. The van der Waals surface area contributed by atoms with E-state index in [4.69, 9.17) is 4.74 Å². The Morgan fingerprint density at radius 3 is 2.96 bits per heavy atom. The number of aromatic nitrogens is 3. The fourth-order valence-corrected chi connectivity index (χ4v) is 3.82. The monoisotopic (exact) mass is 418 g/mol. The van der Waals surface area contributed by atoms with Gasteiger partial charge in [0.05, 0.1) is 26.7 Å². The molecule has 3 aromatic rings. The van der Waals surface area contributed by atoms with Gasteiger partial charge in [-0.1, -0.05) is 0 Å². The van der Waals surface area contributed by atoms with Crippen molar-refractivity contribution in [2.45, 2.75) is 18.9 Å². The summed E-state index contributed by atoms with van der Waals surface area (Å²) >= 11 is 4.84. The number of likely N-dealkylation sites (tertiary alicyclic amines) is 1. The molecule has 128 valence electrons. The Kier molecular flexibility index (Phi) is 4.63. The van der Waals surface area contributed by atoms with Crippen LogP contribution in [0.5, 0.6) is 6.01 Å². The molecular weight excluding hydrogens is 404 g/mol. The Balaban J connectivity index is 1.46. The molecule has 0 spiro atoms. The SMILES string of the molecule is O=C(c1ccc2ncsc2c1)N1CCCC(Oc2ncc(Br)cn2)C1. The topological polar surface area (TPSA) is 68.2 Å². The van der Waals surface area contributed by atoms with Gasteiger partial charge >= 0.3 is 6.01 Å². The summed E-state index contributed by atoms with van der Waals surface area (Å²) in [6.45, 7) is 1.28. The van der Waals surface area contributed by atoms with Crippen LogP contribution >= 0.6 is 27.3 Å². The van der Waals surface area contributed by atoms with Crippen molar-refractivity contribution in [2.24, 2.45) is 0 Å². The maximum atomic E-state index is 12.8. The van der Waals surface area contributed by atoms with Gasteiger partial charge in [0.2, 0.25) is 0 Å². The predicted molar refractivity (Wildman–Crippen MR) is 98.9 cm³/mol. The lowest BCUT2D eigenvalue weighted by Gasteiger charge is -2.32. The fraction of sp³-hybridized carbons (Fsp3) is 0.294. The highest BCUT2D eigenvalue weighted by molar-refractivity contribution is 9.10. The predicted octanol–water partition coefficient (Wildman–Crippen LogP) is 3.53. The number of hydrogen-bond acceptors (Lipinski definition) is 6. The van der Waals surface area contributed by atoms with Crippen LogP contribution in [-0.4, -0.2) is 45.0 Å². The molecule has 8 heteroatoms. The zero-order chi connectivity index (χ0) is 17.2. The quantitative estimate of drug-likeness (QED) is 0.650. The third-order valence-electron chi connectivity index (χ3n) is 4.11. The van der Waals surface area contributed by atoms with Crippen molar-refractivity contribution in [3.05, 3.63) is 46.1 Å². The number of hydrogen-bond donors (Lipinski definition) is 0. The zero-order valence-electron chi connectivity index (χ0n) is 13.3. The minimum atomic E-state index is -0.0917. The normalized spacial score (nSPS) is 17.6. The van der Waals surface area contributed by atoms with E-state index >= 15 is 0 Å². The molecule has 1 aromatic carbocycles. The zero-order valence-corrected chi connectivity index (χ0v) is 15.7. The third-order valence-corrected chi connectivity index (χ3v) is 5.31. The van der Waals surface area contributed by atoms with Gasteiger partial charge in [0.25, 0.3) is 5.91 Å². The summed E-state index contributed by atoms with van der Waals surface area (Å²) in [6, 6.07) is 5.99. The molecule has 1 aliphatic rings. The highest BCUT2D eigenvalue weighted by Gasteiger charge is 2.26. The summed E-state index contributed by atoms with van der Waals surface area (Å²) < 4.78 is 7.67. The van der Waals surface area contributed by atoms with Crippen molar-refractivity contribution >= 4 is 43.4 Å². The Bertz CT molecular complexity index is 899. The van der Waals surface area contributed by atoms with E-state index in [1.807, 2.05) is 23.1 Å². The Morgan fingerprint density at radius 1 is 1.28 bits per heavy atom. The number of ether oxygens (including phenoxy) is 1. The van der Waals surface area contributed by atoms with Gasteiger partial charge in [0.15, 0.2) is 0 Å². The van der Waals surface area contributed by atoms with Crippen LogP contribution in [0.1, 0.15) is 23.2 Å². The number of carbonyl (C=O) groups is 1. The molecule has 0 radical (unpaired) electrons. The number of halogens is 1. The van der Waals surface area contributed by atoms with E-state index in [1.165, 1.54) is 0 Å². The van der Waals surface area contributed by atoms with Gasteiger partial charge in [-0.3, -0.25) is 4.79 Å². The van der Waals surface area contributed by atoms with Crippen LogP contribution in [0.3, 0.4) is 0 Å². The maximum Gasteiger partial charge on any atom is 0.316 e. The van der Waals surface area contributed by atoms with E-state index in [0.29, 0.717) is 18.1 Å². The number of nitrogens with zero attached hydrogens (tertiary/aromatic N) is 4. The molecule has 0 saturated carbocycles. The number of fused-ring (bicyclic) bond motifs is 1. The minimum Gasteiger partial charge on any atom is -0.458 e. The van der Waals surface area contributed by atoms with Crippen LogP contribution in [-0.2, 0) is 0 Å². The molecule has 0 N–H and O–H groups in total. The van der Waals surface area contributed by atoms with Crippen molar-refractivity contribution in [1.29, 1.82) is 0 Å². The number of amides is 1. The molecule has 2 aromatic heterocycles. The first-order chi connectivity index (χ1) is 12.2. The van der Waals surface area contributed by atoms with E-state index in [-0.39, 0.29) is 12.0 Å². The highest BCUT2D eigenvalue weighted by atomic mass is 79.9. The van der Waals surface area contributed by atoms with E-state index in [0.717, 1.165) is 34.1 Å². The van der Waals surface area contributed by atoms with Crippen LogP contribution < -0.4 is 4.74 Å². The van der Waals surface area contributed by atoms with Gasteiger partial charge in [0.1, 0.15) is 6.10 Å². The number of thiazole rings is 1. The van der Waals surface area contributed by atoms with Gasteiger partial charge in [-0.2, -0.15) is 0 Å². The van der Waals surface area contributed by atoms with Crippen LogP contribution in [0.25, 0.3) is 10.2 Å². The smallest absolute Gasteiger partial charge is 0.316 e. The number of piperidine rings is 1. The second-order valence-electron chi connectivity index (χ2n) is 5.85. The average Bonchev–Trinajstić information content (AvgIpc) is 3.11.